The Morgan fingerprint density at radius 1 is 1.33 bits per heavy atom. The van der Waals surface area contributed by atoms with E-state index < -0.39 is 11.7 Å². The quantitative estimate of drug-likeness (QED) is 0.886. The maximum Gasteiger partial charge on any atom is 0.416 e. The number of nitrogens with one attached hydrogen (secondary N) is 2. The molecule has 1 aromatic rings. The first-order chi connectivity index (χ1) is 7.93. The van der Waals surface area contributed by atoms with Gasteiger partial charge in [-0.3, -0.25) is 4.79 Å². The third kappa shape index (κ3) is 5.37. The zero-order valence-electron chi connectivity index (χ0n) is 9.67. The van der Waals surface area contributed by atoms with Crippen LogP contribution in [0, 0.1) is 0 Å². The zero-order valence-corrected chi connectivity index (χ0v) is 10.5. The molecule has 0 fully saturated rings. The second-order valence-corrected chi connectivity index (χ2v) is 3.51. The summed E-state index contributed by atoms with van der Waals surface area (Å²) in [6.45, 7) is 0.226. The van der Waals surface area contributed by atoms with Crippen molar-refractivity contribution in [2.24, 2.45) is 0 Å². The smallest absolute Gasteiger partial charge is 0.351 e. The third-order valence-electron chi connectivity index (χ3n) is 2.08. The molecule has 0 aliphatic rings. The lowest BCUT2D eigenvalue weighted by Crippen LogP contribution is -2.31. The number of alkyl halides is 3. The first-order valence-electron chi connectivity index (χ1n) is 5.01. The summed E-state index contributed by atoms with van der Waals surface area (Å²) < 4.78 is 37.2. The van der Waals surface area contributed by atoms with Gasteiger partial charge in [0.1, 0.15) is 0 Å². The van der Waals surface area contributed by atoms with E-state index in [1.807, 2.05) is 0 Å². The van der Waals surface area contributed by atoms with Crippen molar-refractivity contribution in [3.63, 3.8) is 0 Å². The summed E-state index contributed by atoms with van der Waals surface area (Å²) in [6, 6.07) is 4.88. The average molecular weight is 283 g/mol. The van der Waals surface area contributed by atoms with Gasteiger partial charge in [-0.25, -0.2) is 0 Å². The minimum atomic E-state index is -4.36. The van der Waals surface area contributed by atoms with Gasteiger partial charge in [-0.05, 0) is 24.7 Å². The van der Waals surface area contributed by atoms with E-state index in [-0.39, 0.29) is 31.4 Å². The Hall–Kier alpha value is -1.27. The topological polar surface area (TPSA) is 41.1 Å². The molecule has 7 heteroatoms. The highest BCUT2D eigenvalue weighted by atomic mass is 35.5. The van der Waals surface area contributed by atoms with E-state index in [0.29, 0.717) is 5.56 Å². The molecule has 2 N–H and O–H groups in total. The Morgan fingerprint density at radius 3 is 2.56 bits per heavy atom. The van der Waals surface area contributed by atoms with E-state index >= 15 is 0 Å². The van der Waals surface area contributed by atoms with Crippen LogP contribution in [0.1, 0.15) is 11.1 Å². The molecule has 102 valence electrons. The van der Waals surface area contributed by atoms with Gasteiger partial charge >= 0.3 is 6.18 Å². The van der Waals surface area contributed by atoms with E-state index in [1.54, 1.807) is 7.05 Å². The van der Waals surface area contributed by atoms with Crippen molar-refractivity contribution in [3.05, 3.63) is 35.4 Å². The third-order valence-corrected chi connectivity index (χ3v) is 2.08. The lowest BCUT2D eigenvalue weighted by molar-refractivity contribution is -0.137. The van der Waals surface area contributed by atoms with Crippen LogP contribution < -0.4 is 10.6 Å². The van der Waals surface area contributed by atoms with E-state index in [4.69, 9.17) is 0 Å². The minimum Gasteiger partial charge on any atom is -0.351 e. The molecular weight excluding hydrogens is 269 g/mol. The summed E-state index contributed by atoms with van der Waals surface area (Å²) in [5, 5.41) is 5.16. The molecule has 1 amide bonds. The molecule has 1 aromatic carbocycles. The van der Waals surface area contributed by atoms with Crippen LogP contribution in [0.5, 0.6) is 0 Å². The number of benzene rings is 1. The van der Waals surface area contributed by atoms with Crippen molar-refractivity contribution in [2.45, 2.75) is 12.7 Å². The summed E-state index contributed by atoms with van der Waals surface area (Å²) in [4.78, 5) is 11.1. The molecule has 0 heterocycles. The Labute approximate surface area is 109 Å². The van der Waals surface area contributed by atoms with Crippen LogP contribution in [-0.4, -0.2) is 19.5 Å². The molecule has 0 atom stereocenters. The van der Waals surface area contributed by atoms with Crippen LogP contribution in [0.2, 0.25) is 0 Å². The van der Waals surface area contributed by atoms with E-state index in [1.165, 1.54) is 12.1 Å². The van der Waals surface area contributed by atoms with E-state index in [0.717, 1.165) is 12.1 Å². The molecule has 1 rings (SSSR count). The molecule has 18 heavy (non-hydrogen) atoms. The Bertz CT molecular complexity index is 396. The standard InChI is InChI=1S/C11H13F3N2O.ClH/c1-15-7-10(17)16-6-8-3-2-4-9(5-8)11(12,13)14;/h2-5,15H,6-7H2,1H3,(H,16,17);1H. The van der Waals surface area contributed by atoms with Crippen LogP contribution in [0.4, 0.5) is 13.2 Å². The number of carbonyl (C=O) groups is 1. The summed E-state index contributed by atoms with van der Waals surface area (Å²) >= 11 is 0. The molecule has 0 saturated heterocycles. The predicted octanol–water partition coefficient (Wildman–Crippen LogP) is 1.96. The van der Waals surface area contributed by atoms with Gasteiger partial charge in [0.15, 0.2) is 0 Å². The van der Waals surface area contributed by atoms with Gasteiger partial charge in [-0.2, -0.15) is 13.2 Å². The van der Waals surface area contributed by atoms with Gasteiger partial charge in [-0.1, -0.05) is 12.1 Å². The number of rotatable bonds is 4. The average Bonchev–Trinajstić information content (AvgIpc) is 2.26. The monoisotopic (exact) mass is 282 g/mol. The molecule has 0 unspecified atom stereocenters. The van der Waals surface area contributed by atoms with Crippen molar-refractivity contribution >= 4 is 18.3 Å². The SMILES string of the molecule is CNCC(=O)NCc1cccc(C(F)(F)F)c1.Cl. The molecular formula is C11H14ClF3N2O. The maximum absolute atomic E-state index is 12.4. The van der Waals surface area contributed by atoms with Crippen LogP contribution in [0.3, 0.4) is 0 Å². The van der Waals surface area contributed by atoms with Crippen LogP contribution in [0.25, 0.3) is 0 Å². The maximum atomic E-state index is 12.4. The second-order valence-electron chi connectivity index (χ2n) is 3.51. The summed E-state index contributed by atoms with van der Waals surface area (Å²) in [7, 11) is 1.61. The highest BCUT2D eigenvalue weighted by molar-refractivity contribution is 5.85. The van der Waals surface area contributed by atoms with Gasteiger partial charge in [-0.15, -0.1) is 12.4 Å². The minimum absolute atomic E-state index is 0. The fourth-order valence-corrected chi connectivity index (χ4v) is 1.28. The Kier molecular flexibility index (Phi) is 6.72. The highest BCUT2D eigenvalue weighted by Crippen LogP contribution is 2.29. The van der Waals surface area contributed by atoms with E-state index in [2.05, 4.69) is 10.6 Å². The largest absolute Gasteiger partial charge is 0.416 e. The highest BCUT2D eigenvalue weighted by Gasteiger charge is 2.30. The molecule has 0 spiro atoms. The number of hydrogen-bond acceptors (Lipinski definition) is 2. The normalized spacial score (nSPS) is 10.7. The van der Waals surface area contributed by atoms with Crippen molar-refractivity contribution in [3.8, 4) is 0 Å². The molecule has 0 radical (unpaired) electrons. The summed E-state index contributed by atoms with van der Waals surface area (Å²) in [6.07, 6.45) is -4.36. The zero-order chi connectivity index (χ0) is 12.9. The molecule has 0 aliphatic heterocycles. The van der Waals surface area contributed by atoms with Crippen LogP contribution >= 0.6 is 12.4 Å². The molecule has 0 aliphatic carbocycles. The van der Waals surface area contributed by atoms with Crippen molar-refractivity contribution in [2.75, 3.05) is 13.6 Å². The second kappa shape index (κ2) is 7.23. The van der Waals surface area contributed by atoms with Crippen molar-refractivity contribution < 1.29 is 18.0 Å². The summed E-state index contributed by atoms with van der Waals surface area (Å²) in [5.41, 5.74) is -0.290. The lowest BCUT2D eigenvalue weighted by Gasteiger charge is -2.09. The molecule has 0 aromatic heterocycles. The van der Waals surface area contributed by atoms with E-state index in [9.17, 15) is 18.0 Å². The van der Waals surface area contributed by atoms with Gasteiger partial charge in [0.05, 0.1) is 12.1 Å². The Morgan fingerprint density at radius 2 is 2.00 bits per heavy atom. The van der Waals surface area contributed by atoms with Crippen molar-refractivity contribution in [1.29, 1.82) is 0 Å². The predicted molar refractivity (Wildman–Crippen MR) is 64.5 cm³/mol. The molecule has 0 bridgehead atoms. The lowest BCUT2D eigenvalue weighted by atomic mass is 10.1. The number of likely N-dealkylation sites (N-methyl/N-ethyl adjacent to an activating group) is 1. The van der Waals surface area contributed by atoms with Crippen LogP contribution in [-0.2, 0) is 17.5 Å². The van der Waals surface area contributed by atoms with Gasteiger partial charge < -0.3 is 10.6 Å². The molecule has 0 saturated carbocycles. The fourth-order valence-electron chi connectivity index (χ4n) is 1.28. The van der Waals surface area contributed by atoms with Gasteiger partial charge in [0.25, 0.3) is 0 Å². The Balaban J connectivity index is 0.00000289. The van der Waals surface area contributed by atoms with Gasteiger partial charge in [0, 0.05) is 6.54 Å². The first-order valence-corrected chi connectivity index (χ1v) is 5.01. The molecule has 3 nitrogen and oxygen atoms in total. The number of amides is 1. The summed E-state index contributed by atoms with van der Waals surface area (Å²) in [5.74, 6) is -0.259. The van der Waals surface area contributed by atoms with Crippen molar-refractivity contribution in [1.82, 2.24) is 10.6 Å². The number of hydrogen-bond donors (Lipinski definition) is 2. The van der Waals surface area contributed by atoms with Gasteiger partial charge in [0.2, 0.25) is 5.91 Å². The van der Waals surface area contributed by atoms with Crippen LogP contribution in [0.15, 0.2) is 24.3 Å². The number of carbonyl (C=O) groups excluding carboxylic acids is 1. The fraction of sp³-hybridized carbons (Fsp3) is 0.364. The first kappa shape index (κ1) is 16.7. The number of halogens is 4.